The van der Waals surface area contributed by atoms with Crippen molar-refractivity contribution >= 4 is 34.4 Å². The number of rotatable bonds is 6. The Kier molecular flexibility index (Phi) is 6.03. The lowest BCUT2D eigenvalue weighted by Crippen LogP contribution is -2.33. The molecule has 3 aromatic carbocycles. The maximum Gasteiger partial charge on any atom is 0.282 e. The quantitative estimate of drug-likeness (QED) is 0.291. The second-order valence-electron chi connectivity index (χ2n) is 8.69. The number of nitrogens with zero attached hydrogens (tertiary/aromatic N) is 2. The Balaban J connectivity index is 1.81. The van der Waals surface area contributed by atoms with Crippen molar-refractivity contribution in [2.75, 3.05) is 10.2 Å². The Morgan fingerprint density at radius 2 is 1.53 bits per heavy atom. The summed E-state index contributed by atoms with van der Waals surface area (Å²) in [5.74, 6) is -0.591. The molecular weight excluding hydrogens is 430 g/mol. The molecule has 172 valence electrons. The number of benzene rings is 3. The summed E-state index contributed by atoms with van der Waals surface area (Å²) in [6.07, 6.45) is 0. The van der Waals surface area contributed by atoms with Gasteiger partial charge in [-0.1, -0.05) is 38.1 Å². The minimum absolute atomic E-state index is 0.0914. The fourth-order valence-corrected chi connectivity index (χ4v) is 3.94. The second kappa shape index (κ2) is 8.94. The summed E-state index contributed by atoms with van der Waals surface area (Å²) >= 11 is 0. The summed E-state index contributed by atoms with van der Waals surface area (Å²) in [5.41, 5.74) is 4.70. The fourth-order valence-electron chi connectivity index (χ4n) is 3.94. The molecule has 1 heterocycles. The average Bonchev–Trinajstić information content (AvgIpc) is 3.05. The van der Waals surface area contributed by atoms with Crippen LogP contribution in [-0.4, -0.2) is 16.7 Å². The third kappa shape index (κ3) is 4.20. The first-order chi connectivity index (χ1) is 16.2. The molecule has 0 aromatic heterocycles. The fraction of sp³-hybridized carbons (Fsp3) is 0.185. The molecule has 0 atom stereocenters. The zero-order chi connectivity index (χ0) is 24.6. The summed E-state index contributed by atoms with van der Waals surface area (Å²) in [6, 6.07) is 18.9. The van der Waals surface area contributed by atoms with E-state index in [-0.39, 0.29) is 17.0 Å². The van der Waals surface area contributed by atoms with Crippen LogP contribution < -0.4 is 10.2 Å². The van der Waals surface area contributed by atoms with Crippen molar-refractivity contribution in [3.63, 3.8) is 0 Å². The molecule has 1 aliphatic heterocycles. The molecule has 0 saturated heterocycles. The molecule has 0 aliphatic carbocycles. The van der Waals surface area contributed by atoms with Gasteiger partial charge >= 0.3 is 0 Å². The summed E-state index contributed by atoms with van der Waals surface area (Å²) in [5, 5.41) is 14.2. The van der Waals surface area contributed by atoms with Crippen LogP contribution in [-0.2, 0) is 9.59 Å². The van der Waals surface area contributed by atoms with E-state index in [1.807, 2.05) is 50.2 Å². The van der Waals surface area contributed by atoms with Crippen molar-refractivity contribution in [2.45, 2.75) is 33.6 Å². The highest BCUT2D eigenvalue weighted by Gasteiger charge is 2.41. The van der Waals surface area contributed by atoms with Crippen molar-refractivity contribution in [1.82, 2.24) is 0 Å². The van der Waals surface area contributed by atoms with Gasteiger partial charge in [-0.15, -0.1) is 0 Å². The van der Waals surface area contributed by atoms with Crippen molar-refractivity contribution in [3.05, 3.63) is 105 Å². The van der Waals surface area contributed by atoms with E-state index >= 15 is 0 Å². The molecule has 4 rings (SSSR count). The number of carbonyl (C=O) groups is 2. The second-order valence-corrected chi connectivity index (χ2v) is 8.69. The Hall–Kier alpha value is -4.26. The van der Waals surface area contributed by atoms with E-state index < -0.39 is 16.7 Å². The van der Waals surface area contributed by atoms with Crippen LogP contribution >= 0.6 is 0 Å². The van der Waals surface area contributed by atoms with Gasteiger partial charge in [0, 0.05) is 17.8 Å². The van der Waals surface area contributed by atoms with Crippen molar-refractivity contribution in [1.29, 1.82) is 0 Å². The largest absolute Gasteiger partial charge is 0.350 e. The number of anilines is 2. The van der Waals surface area contributed by atoms with Crippen LogP contribution in [0.5, 0.6) is 0 Å². The first-order valence-electron chi connectivity index (χ1n) is 11.0. The number of carbonyl (C=O) groups excluding carboxylic acids is 2. The van der Waals surface area contributed by atoms with Crippen LogP contribution in [0, 0.1) is 24.0 Å². The highest BCUT2D eigenvalue weighted by Crippen LogP contribution is 2.36. The Labute approximate surface area is 197 Å². The van der Waals surface area contributed by atoms with E-state index in [0.717, 1.165) is 16.7 Å². The number of non-ortho nitro benzene ring substituents is 1. The summed E-state index contributed by atoms with van der Waals surface area (Å²) < 4.78 is 0. The van der Waals surface area contributed by atoms with E-state index in [0.29, 0.717) is 22.9 Å². The van der Waals surface area contributed by atoms with Crippen LogP contribution in [0.15, 0.2) is 72.4 Å². The minimum Gasteiger partial charge on any atom is -0.350 e. The lowest BCUT2D eigenvalue weighted by Gasteiger charge is -2.18. The molecule has 1 N–H and O–H groups in total. The number of nitro benzene ring substituents is 1. The third-order valence-corrected chi connectivity index (χ3v) is 5.90. The zero-order valence-electron chi connectivity index (χ0n) is 19.5. The molecule has 0 fully saturated rings. The number of nitrogens with one attached hydrogen (secondary N) is 1. The standard InChI is InChI=1S/C27H25N3O4/c1-16(2)19-7-11-21(12-8-19)28-25-24(20-9-13-22(14-10-20)30(33)34)26(31)29(27(25)32)23-15-17(3)5-6-18(23)4/h5-16,28H,1-4H3. The van der Waals surface area contributed by atoms with Crippen LogP contribution in [0.25, 0.3) is 5.57 Å². The number of nitro groups is 1. The number of imide groups is 1. The predicted molar refractivity (Wildman–Crippen MR) is 133 cm³/mol. The minimum atomic E-state index is -0.502. The Bertz CT molecular complexity index is 1320. The van der Waals surface area contributed by atoms with Gasteiger partial charge in [-0.3, -0.25) is 19.7 Å². The third-order valence-electron chi connectivity index (χ3n) is 5.90. The van der Waals surface area contributed by atoms with Crippen molar-refractivity contribution < 1.29 is 14.5 Å². The van der Waals surface area contributed by atoms with Gasteiger partial charge in [-0.25, -0.2) is 4.90 Å². The summed E-state index contributed by atoms with van der Waals surface area (Å²) in [6.45, 7) is 7.93. The van der Waals surface area contributed by atoms with Crippen LogP contribution in [0.2, 0.25) is 0 Å². The Morgan fingerprint density at radius 1 is 0.882 bits per heavy atom. The molecule has 34 heavy (non-hydrogen) atoms. The zero-order valence-corrected chi connectivity index (χ0v) is 19.5. The lowest BCUT2D eigenvalue weighted by atomic mass is 10.0. The van der Waals surface area contributed by atoms with Crippen molar-refractivity contribution in [2.24, 2.45) is 0 Å². The van der Waals surface area contributed by atoms with Gasteiger partial charge in [0.1, 0.15) is 5.70 Å². The first-order valence-corrected chi connectivity index (χ1v) is 11.0. The predicted octanol–water partition coefficient (Wildman–Crippen LogP) is 5.73. The van der Waals surface area contributed by atoms with Crippen molar-refractivity contribution in [3.8, 4) is 0 Å². The van der Waals surface area contributed by atoms with E-state index in [1.54, 1.807) is 6.07 Å². The molecule has 0 saturated carbocycles. The number of aryl methyl sites for hydroxylation is 2. The van der Waals surface area contributed by atoms with Gasteiger partial charge in [-0.05, 0) is 72.4 Å². The monoisotopic (exact) mass is 455 g/mol. The normalized spacial score (nSPS) is 13.7. The summed E-state index contributed by atoms with van der Waals surface area (Å²) in [4.78, 5) is 39.0. The first kappa shape index (κ1) is 22.9. The SMILES string of the molecule is Cc1ccc(C)c(N2C(=O)C(Nc3ccc(C(C)C)cc3)=C(c3ccc([N+](=O)[O-])cc3)C2=O)c1. The Morgan fingerprint density at radius 3 is 2.12 bits per heavy atom. The molecular formula is C27H25N3O4. The highest BCUT2D eigenvalue weighted by atomic mass is 16.6. The topological polar surface area (TPSA) is 92.6 Å². The van der Waals surface area contributed by atoms with Crippen LogP contribution in [0.1, 0.15) is 42.0 Å². The van der Waals surface area contributed by atoms with E-state index in [1.165, 1.54) is 29.2 Å². The molecule has 2 amide bonds. The molecule has 3 aromatic rings. The molecule has 0 bridgehead atoms. The van der Waals surface area contributed by atoms with Gasteiger partial charge in [0.25, 0.3) is 17.5 Å². The van der Waals surface area contributed by atoms with E-state index in [4.69, 9.17) is 0 Å². The van der Waals surface area contributed by atoms with Gasteiger partial charge in [0.15, 0.2) is 0 Å². The molecule has 7 nitrogen and oxygen atoms in total. The molecule has 1 aliphatic rings. The van der Waals surface area contributed by atoms with Crippen LogP contribution in [0.4, 0.5) is 17.1 Å². The lowest BCUT2D eigenvalue weighted by molar-refractivity contribution is -0.384. The summed E-state index contributed by atoms with van der Waals surface area (Å²) in [7, 11) is 0. The van der Waals surface area contributed by atoms with Crippen LogP contribution in [0.3, 0.4) is 0 Å². The molecule has 0 unspecified atom stereocenters. The average molecular weight is 456 g/mol. The van der Waals surface area contributed by atoms with Gasteiger partial charge < -0.3 is 5.32 Å². The van der Waals surface area contributed by atoms with Gasteiger partial charge in [0.2, 0.25) is 0 Å². The maximum absolute atomic E-state index is 13.6. The maximum atomic E-state index is 13.6. The number of hydrogen-bond acceptors (Lipinski definition) is 5. The smallest absolute Gasteiger partial charge is 0.282 e. The highest BCUT2D eigenvalue weighted by molar-refractivity contribution is 6.46. The number of amides is 2. The molecule has 0 radical (unpaired) electrons. The number of hydrogen-bond donors (Lipinski definition) is 1. The van der Waals surface area contributed by atoms with Gasteiger partial charge in [-0.2, -0.15) is 0 Å². The van der Waals surface area contributed by atoms with E-state index in [2.05, 4.69) is 19.2 Å². The van der Waals surface area contributed by atoms with E-state index in [9.17, 15) is 19.7 Å². The molecule has 7 heteroatoms. The molecule has 0 spiro atoms. The van der Waals surface area contributed by atoms with Gasteiger partial charge in [0.05, 0.1) is 16.2 Å².